The maximum Gasteiger partial charge on any atom is 0.258 e. The van der Waals surface area contributed by atoms with Crippen molar-refractivity contribution in [1.29, 1.82) is 0 Å². The Morgan fingerprint density at radius 3 is 2.30 bits per heavy atom. The van der Waals surface area contributed by atoms with Gasteiger partial charge in [-0.3, -0.25) is 9.69 Å². The van der Waals surface area contributed by atoms with E-state index in [9.17, 15) is 13.6 Å². The number of amides is 1. The van der Waals surface area contributed by atoms with Crippen LogP contribution >= 0.6 is 11.6 Å². The summed E-state index contributed by atoms with van der Waals surface area (Å²) in [5, 5.41) is 1.94. The first-order chi connectivity index (χ1) is 19.1. The number of rotatable bonds is 5. The van der Waals surface area contributed by atoms with E-state index in [1.54, 1.807) is 0 Å². The van der Waals surface area contributed by atoms with Crippen molar-refractivity contribution in [3.8, 4) is 11.1 Å². The third-order valence-electron chi connectivity index (χ3n) is 7.56. The second kappa shape index (κ2) is 11.6. The SMILES string of the molecule is CC1CN(c2cc(F)c(-c3cnc(N4CCOCC4)nc3)cc2NC(=O)c2ccc(F)c(Cl)c2F)CC(C)N1C. The highest BCUT2D eigenvalue weighted by Crippen LogP contribution is 2.36. The van der Waals surface area contributed by atoms with E-state index in [0.29, 0.717) is 56.6 Å². The first kappa shape index (κ1) is 28.1. The Balaban J connectivity index is 1.52. The summed E-state index contributed by atoms with van der Waals surface area (Å²) in [5.41, 5.74) is 0.859. The van der Waals surface area contributed by atoms with Crippen molar-refractivity contribution >= 4 is 34.8 Å². The molecule has 3 aromatic rings. The van der Waals surface area contributed by atoms with Crippen LogP contribution in [0, 0.1) is 17.5 Å². The summed E-state index contributed by atoms with van der Waals surface area (Å²) in [6.07, 6.45) is 3.06. The van der Waals surface area contributed by atoms with E-state index in [0.717, 1.165) is 12.1 Å². The maximum atomic E-state index is 15.7. The number of ether oxygens (including phenoxy) is 1. The first-order valence-corrected chi connectivity index (χ1v) is 13.4. The molecule has 2 fully saturated rings. The highest BCUT2D eigenvalue weighted by molar-refractivity contribution is 6.31. The highest BCUT2D eigenvalue weighted by atomic mass is 35.5. The fourth-order valence-electron chi connectivity index (χ4n) is 5.02. The van der Waals surface area contributed by atoms with Crippen molar-refractivity contribution in [3.05, 3.63) is 64.7 Å². The lowest BCUT2D eigenvalue weighted by Crippen LogP contribution is -2.55. The molecule has 12 heteroatoms. The van der Waals surface area contributed by atoms with Gasteiger partial charge in [0.05, 0.1) is 30.2 Å². The predicted molar refractivity (Wildman–Crippen MR) is 149 cm³/mol. The molecule has 2 aromatic carbocycles. The molecule has 0 saturated carbocycles. The topological polar surface area (TPSA) is 73.8 Å². The molecule has 1 N–H and O–H groups in total. The maximum absolute atomic E-state index is 15.7. The predicted octanol–water partition coefficient (Wildman–Crippen LogP) is 4.83. The number of anilines is 3. The molecule has 2 aliphatic heterocycles. The Hall–Kier alpha value is -3.41. The summed E-state index contributed by atoms with van der Waals surface area (Å²) >= 11 is 5.71. The average Bonchev–Trinajstić information content (AvgIpc) is 2.95. The van der Waals surface area contributed by atoms with Crippen LogP contribution in [-0.4, -0.2) is 79.3 Å². The Morgan fingerprint density at radius 2 is 1.65 bits per heavy atom. The van der Waals surface area contributed by atoms with Crippen molar-refractivity contribution in [1.82, 2.24) is 14.9 Å². The fourth-order valence-corrected chi connectivity index (χ4v) is 5.19. The molecular formula is C28H30ClF3N6O2. The van der Waals surface area contributed by atoms with Gasteiger partial charge in [-0.1, -0.05) is 11.6 Å². The van der Waals surface area contributed by atoms with Gasteiger partial charge in [-0.05, 0) is 45.2 Å². The lowest BCUT2D eigenvalue weighted by Gasteiger charge is -2.44. The molecule has 40 heavy (non-hydrogen) atoms. The molecule has 5 rings (SSSR count). The van der Waals surface area contributed by atoms with Crippen molar-refractivity contribution in [2.45, 2.75) is 25.9 Å². The van der Waals surface area contributed by atoms with Gasteiger partial charge < -0.3 is 19.9 Å². The van der Waals surface area contributed by atoms with E-state index in [1.165, 1.54) is 24.5 Å². The van der Waals surface area contributed by atoms with Gasteiger partial charge in [0.1, 0.15) is 16.7 Å². The minimum absolute atomic E-state index is 0.157. The summed E-state index contributed by atoms with van der Waals surface area (Å²) in [6, 6.07) is 5.11. The van der Waals surface area contributed by atoms with Crippen LogP contribution in [0.4, 0.5) is 30.5 Å². The van der Waals surface area contributed by atoms with Crippen molar-refractivity contribution in [2.75, 3.05) is 61.6 Å². The van der Waals surface area contributed by atoms with Crippen molar-refractivity contribution in [3.63, 3.8) is 0 Å². The number of carbonyl (C=O) groups excluding carboxylic acids is 1. The molecule has 8 nitrogen and oxygen atoms in total. The molecule has 2 atom stereocenters. The number of piperazine rings is 1. The van der Waals surface area contributed by atoms with Gasteiger partial charge in [0.2, 0.25) is 5.95 Å². The average molecular weight is 575 g/mol. The quantitative estimate of drug-likeness (QED) is 0.438. The number of morpholine rings is 1. The van der Waals surface area contributed by atoms with Crippen molar-refractivity contribution < 1.29 is 22.7 Å². The summed E-state index contributed by atoms with van der Waals surface area (Å²) in [7, 11) is 2.03. The standard InChI is InChI=1S/C28H30ClF3N6O2/c1-16-14-38(15-17(2)36(16)3)24-11-22(31)20(18-12-33-28(34-13-18)37-6-8-40-9-7-37)10-23(24)35-27(39)19-4-5-21(30)25(29)26(19)32/h4-5,10-13,16-17H,6-9,14-15H2,1-3H3,(H,35,39). The fraction of sp³-hybridized carbons (Fsp3) is 0.393. The van der Waals surface area contributed by atoms with Crippen LogP contribution in [0.15, 0.2) is 36.7 Å². The molecule has 1 amide bonds. The first-order valence-electron chi connectivity index (χ1n) is 13.0. The van der Waals surface area contributed by atoms with Crippen LogP contribution in [0.2, 0.25) is 5.02 Å². The Morgan fingerprint density at radius 1 is 1.00 bits per heavy atom. The van der Waals surface area contributed by atoms with E-state index >= 15 is 4.39 Å². The Labute approximate surface area is 235 Å². The minimum atomic E-state index is -1.17. The van der Waals surface area contributed by atoms with Gasteiger partial charge in [-0.25, -0.2) is 23.1 Å². The van der Waals surface area contributed by atoms with E-state index in [-0.39, 0.29) is 23.3 Å². The van der Waals surface area contributed by atoms with Crippen LogP contribution in [0.1, 0.15) is 24.2 Å². The molecule has 0 bridgehead atoms. The highest BCUT2D eigenvalue weighted by Gasteiger charge is 2.29. The summed E-state index contributed by atoms with van der Waals surface area (Å²) in [4.78, 5) is 28.2. The molecule has 2 aliphatic rings. The second-order valence-electron chi connectivity index (χ2n) is 10.2. The largest absolute Gasteiger partial charge is 0.378 e. The molecule has 1 aromatic heterocycles. The smallest absolute Gasteiger partial charge is 0.258 e. The van der Waals surface area contributed by atoms with E-state index < -0.39 is 33.9 Å². The third kappa shape index (κ3) is 5.59. The summed E-state index contributed by atoms with van der Waals surface area (Å²) < 4.78 is 49.4. The number of aromatic nitrogens is 2. The zero-order valence-electron chi connectivity index (χ0n) is 22.4. The number of hydrogen-bond donors (Lipinski definition) is 1. The Bertz CT molecular complexity index is 1390. The van der Waals surface area contributed by atoms with Gasteiger partial charge in [-0.15, -0.1) is 0 Å². The van der Waals surface area contributed by atoms with Crippen LogP contribution in [0.25, 0.3) is 11.1 Å². The van der Waals surface area contributed by atoms with Gasteiger partial charge in [0, 0.05) is 61.8 Å². The lowest BCUT2D eigenvalue weighted by molar-refractivity contribution is 0.102. The zero-order valence-corrected chi connectivity index (χ0v) is 23.2. The van der Waals surface area contributed by atoms with Gasteiger partial charge >= 0.3 is 0 Å². The molecule has 3 heterocycles. The lowest BCUT2D eigenvalue weighted by atomic mass is 10.0. The second-order valence-corrected chi connectivity index (χ2v) is 10.5. The molecule has 2 saturated heterocycles. The monoisotopic (exact) mass is 574 g/mol. The number of hydrogen-bond acceptors (Lipinski definition) is 7. The number of carbonyl (C=O) groups is 1. The van der Waals surface area contributed by atoms with Crippen LogP contribution in [0.3, 0.4) is 0 Å². The van der Waals surface area contributed by atoms with E-state index in [4.69, 9.17) is 16.3 Å². The van der Waals surface area contributed by atoms with Gasteiger partial charge in [-0.2, -0.15) is 0 Å². The molecule has 0 spiro atoms. The number of nitrogens with one attached hydrogen (secondary N) is 1. The van der Waals surface area contributed by atoms with Crippen LogP contribution < -0.4 is 15.1 Å². The summed E-state index contributed by atoms with van der Waals surface area (Å²) in [5.74, 6) is -2.99. The van der Waals surface area contributed by atoms with Crippen LogP contribution in [-0.2, 0) is 4.74 Å². The molecule has 212 valence electrons. The van der Waals surface area contributed by atoms with Gasteiger partial charge in [0.25, 0.3) is 5.91 Å². The summed E-state index contributed by atoms with van der Waals surface area (Å²) in [6.45, 7) is 7.76. The third-order valence-corrected chi connectivity index (χ3v) is 7.90. The molecule has 2 unspecified atom stereocenters. The normalized spacial score (nSPS) is 20.1. The molecular weight excluding hydrogens is 545 g/mol. The van der Waals surface area contributed by atoms with E-state index in [2.05, 4.69) is 34.0 Å². The van der Waals surface area contributed by atoms with Crippen LogP contribution in [0.5, 0.6) is 0 Å². The molecule has 0 radical (unpaired) electrons. The Kier molecular flexibility index (Phi) is 8.16. The number of nitrogens with zero attached hydrogens (tertiary/aromatic N) is 5. The number of benzene rings is 2. The van der Waals surface area contributed by atoms with Gasteiger partial charge in [0.15, 0.2) is 5.82 Å². The minimum Gasteiger partial charge on any atom is -0.378 e. The number of halogens is 4. The number of likely N-dealkylation sites (N-methyl/N-ethyl adjacent to an activating group) is 1. The zero-order chi connectivity index (χ0) is 28.6. The van der Waals surface area contributed by atoms with E-state index in [1.807, 2.05) is 16.8 Å². The van der Waals surface area contributed by atoms with Crippen molar-refractivity contribution in [2.24, 2.45) is 0 Å². The molecule has 0 aliphatic carbocycles.